The molecule has 1 fully saturated rings. The highest BCUT2D eigenvalue weighted by atomic mass is 16.2. The number of aromatic nitrogens is 1. The molecule has 30 heavy (non-hydrogen) atoms. The van der Waals surface area contributed by atoms with E-state index >= 15 is 0 Å². The average molecular weight is 401 g/mol. The number of hydrogen-bond acceptors (Lipinski definition) is 3. The number of nitrogens with one attached hydrogen (secondary N) is 2. The highest BCUT2D eigenvalue weighted by Gasteiger charge is 2.39. The van der Waals surface area contributed by atoms with Gasteiger partial charge in [-0.25, -0.2) is 4.79 Å². The molecule has 0 bridgehead atoms. The molecule has 0 radical (unpaired) electrons. The van der Waals surface area contributed by atoms with Crippen molar-refractivity contribution < 1.29 is 14.4 Å². The lowest BCUT2D eigenvalue weighted by atomic mass is 9.90. The maximum absolute atomic E-state index is 12.9. The van der Waals surface area contributed by atoms with Gasteiger partial charge < -0.3 is 10.3 Å². The number of aromatic amines is 1. The molecule has 1 aliphatic heterocycles. The molecule has 1 saturated heterocycles. The van der Waals surface area contributed by atoms with Crippen LogP contribution >= 0.6 is 0 Å². The Balaban J connectivity index is 1.30. The van der Waals surface area contributed by atoms with Gasteiger partial charge in [0, 0.05) is 29.1 Å². The molecular weight excluding hydrogens is 378 g/mol. The van der Waals surface area contributed by atoms with E-state index in [1.54, 1.807) is 0 Å². The number of benzene rings is 2. The summed E-state index contributed by atoms with van der Waals surface area (Å²) in [6.07, 6.45) is 6.59. The standard InChI is InChI=1S/C24H23N3O3/c28-22(17-10-9-15-5-1-2-6-16(15)11-17)14-27-23(29)21(26-24(27)30)12-18-13-25-20-8-4-3-7-19(18)20/h3-4,7-11,13,21,25H,1-2,5-6,12,14H2,(H,26,30). The third-order valence-electron chi connectivity index (χ3n) is 6.18. The predicted octanol–water partition coefficient (Wildman–Crippen LogP) is 3.39. The number of carbonyl (C=O) groups excluding carboxylic acids is 3. The number of amides is 3. The van der Waals surface area contributed by atoms with Gasteiger partial charge in [-0.3, -0.25) is 14.5 Å². The number of fused-ring (bicyclic) bond motifs is 2. The summed E-state index contributed by atoms with van der Waals surface area (Å²) in [5.74, 6) is -0.559. The van der Waals surface area contributed by atoms with Crippen LogP contribution < -0.4 is 5.32 Å². The molecule has 2 aromatic carbocycles. The second-order valence-corrected chi connectivity index (χ2v) is 8.10. The zero-order chi connectivity index (χ0) is 20.7. The molecule has 2 aliphatic rings. The average Bonchev–Trinajstić information content (AvgIpc) is 3.29. The molecule has 0 saturated carbocycles. The topological polar surface area (TPSA) is 82.3 Å². The Labute approximate surface area is 174 Å². The van der Waals surface area contributed by atoms with Crippen molar-refractivity contribution in [3.8, 4) is 0 Å². The maximum Gasteiger partial charge on any atom is 0.325 e. The molecule has 6 nitrogen and oxygen atoms in total. The van der Waals surface area contributed by atoms with Crippen LogP contribution in [0, 0.1) is 0 Å². The first-order valence-electron chi connectivity index (χ1n) is 10.4. The van der Waals surface area contributed by atoms with Crippen molar-refractivity contribution in [2.24, 2.45) is 0 Å². The Hall–Kier alpha value is -3.41. The largest absolute Gasteiger partial charge is 0.361 e. The first kappa shape index (κ1) is 18.6. The van der Waals surface area contributed by atoms with Crippen LogP contribution in [0.15, 0.2) is 48.7 Å². The molecule has 3 aromatic rings. The summed E-state index contributed by atoms with van der Waals surface area (Å²) >= 11 is 0. The minimum atomic E-state index is -0.659. The molecule has 1 atom stereocenters. The van der Waals surface area contributed by atoms with Crippen LogP contribution in [0.5, 0.6) is 0 Å². The molecular formula is C24H23N3O3. The van der Waals surface area contributed by atoms with E-state index in [1.807, 2.05) is 48.7 Å². The van der Waals surface area contributed by atoms with E-state index in [9.17, 15) is 14.4 Å². The number of H-pyrrole nitrogens is 1. The minimum absolute atomic E-state index is 0.209. The Morgan fingerprint density at radius 1 is 1.03 bits per heavy atom. The molecule has 6 heteroatoms. The van der Waals surface area contributed by atoms with Crippen LogP contribution in [0.4, 0.5) is 4.79 Å². The third-order valence-corrected chi connectivity index (χ3v) is 6.18. The highest BCUT2D eigenvalue weighted by molar-refractivity contribution is 6.09. The minimum Gasteiger partial charge on any atom is -0.361 e. The lowest BCUT2D eigenvalue weighted by molar-refractivity contribution is -0.127. The highest BCUT2D eigenvalue weighted by Crippen LogP contribution is 2.24. The fraction of sp³-hybridized carbons (Fsp3) is 0.292. The van der Waals surface area contributed by atoms with E-state index in [4.69, 9.17) is 0 Å². The van der Waals surface area contributed by atoms with Gasteiger partial charge in [-0.1, -0.05) is 30.3 Å². The summed E-state index contributed by atoms with van der Waals surface area (Å²) in [6, 6.07) is 12.4. The maximum atomic E-state index is 12.9. The van der Waals surface area contributed by atoms with Gasteiger partial charge in [0.2, 0.25) is 0 Å². The van der Waals surface area contributed by atoms with E-state index in [0.717, 1.165) is 40.6 Å². The molecule has 1 aliphatic carbocycles. The Kier molecular flexibility index (Phi) is 4.62. The number of imide groups is 1. The first-order valence-corrected chi connectivity index (χ1v) is 10.4. The quantitative estimate of drug-likeness (QED) is 0.508. The van der Waals surface area contributed by atoms with Gasteiger partial charge in [-0.2, -0.15) is 0 Å². The fourth-order valence-electron chi connectivity index (χ4n) is 4.53. The van der Waals surface area contributed by atoms with Crippen LogP contribution in [-0.4, -0.2) is 40.2 Å². The zero-order valence-electron chi connectivity index (χ0n) is 16.6. The number of urea groups is 1. The molecule has 2 heterocycles. The molecule has 152 valence electrons. The SMILES string of the molecule is O=C(CN1C(=O)NC(Cc2c[nH]c3ccccc23)C1=O)c1ccc2c(c1)CCCC2. The molecule has 5 rings (SSSR count). The van der Waals surface area contributed by atoms with E-state index in [1.165, 1.54) is 17.5 Å². The van der Waals surface area contributed by atoms with Crippen molar-refractivity contribution in [2.45, 2.75) is 38.1 Å². The molecule has 2 N–H and O–H groups in total. The summed E-state index contributed by atoms with van der Waals surface area (Å²) < 4.78 is 0. The van der Waals surface area contributed by atoms with Gasteiger partial charge in [0.1, 0.15) is 6.04 Å². The van der Waals surface area contributed by atoms with Crippen molar-refractivity contribution in [1.82, 2.24) is 15.2 Å². The molecule has 0 spiro atoms. The smallest absolute Gasteiger partial charge is 0.325 e. The van der Waals surface area contributed by atoms with E-state index in [-0.39, 0.29) is 18.2 Å². The molecule has 3 amide bonds. The van der Waals surface area contributed by atoms with Gasteiger partial charge in [-0.05, 0) is 54.5 Å². The number of rotatable bonds is 5. The van der Waals surface area contributed by atoms with Crippen LogP contribution in [0.3, 0.4) is 0 Å². The van der Waals surface area contributed by atoms with Crippen LogP contribution in [-0.2, 0) is 24.1 Å². The zero-order valence-corrected chi connectivity index (χ0v) is 16.6. The van der Waals surface area contributed by atoms with Crippen LogP contribution in [0.2, 0.25) is 0 Å². The Bertz CT molecular complexity index is 1160. The number of aryl methyl sites for hydroxylation is 2. The normalized spacial score (nSPS) is 18.5. The second kappa shape index (κ2) is 7.44. The molecule has 1 unspecified atom stereocenters. The van der Waals surface area contributed by atoms with E-state index in [2.05, 4.69) is 10.3 Å². The summed E-state index contributed by atoms with van der Waals surface area (Å²) in [4.78, 5) is 42.3. The lowest BCUT2D eigenvalue weighted by Crippen LogP contribution is -2.36. The first-order chi connectivity index (χ1) is 14.6. The fourth-order valence-corrected chi connectivity index (χ4v) is 4.53. The second-order valence-electron chi connectivity index (χ2n) is 8.10. The van der Waals surface area contributed by atoms with E-state index in [0.29, 0.717) is 12.0 Å². The summed E-state index contributed by atoms with van der Waals surface area (Å²) in [5.41, 5.74) is 5.03. The van der Waals surface area contributed by atoms with Crippen LogP contribution in [0.1, 0.15) is 39.9 Å². The number of nitrogens with zero attached hydrogens (tertiary/aromatic N) is 1. The van der Waals surface area contributed by atoms with E-state index < -0.39 is 12.1 Å². The van der Waals surface area contributed by atoms with Crippen molar-refractivity contribution in [3.63, 3.8) is 0 Å². The number of para-hydroxylation sites is 1. The van der Waals surface area contributed by atoms with Crippen molar-refractivity contribution in [3.05, 3.63) is 70.9 Å². The van der Waals surface area contributed by atoms with Crippen molar-refractivity contribution >= 4 is 28.6 Å². The third kappa shape index (κ3) is 3.28. The van der Waals surface area contributed by atoms with Crippen molar-refractivity contribution in [1.29, 1.82) is 0 Å². The van der Waals surface area contributed by atoms with Crippen molar-refractivity contribution in [2.75, 3.05) is 6.54 Å². The van der Waals surface area contributed by atoms with Gasteiger partial charge >= 0.3 is 6.03 Å². The van der Waals surface area contributed by atoms with Gasteiger partial charge in [0.15, 0.2) is 5.78 Å². The predicted molar refractivity (Wildman–Crippen MR) is 113 cm³/mol. The molecule has 1 aromatic heterocycles. The number of ketones is 1. The van der Waals surface area contributed by atoms with Gasteiger partial charge in [-0.15, -0.1) is 0 Å². The number of Topliss-reactive ketones (excluding diaryl/α,β-unsaturated/α-hetero) is 1. The summed E-state index contributed by atoms with van der Waals surface area (Å²) in [5, 5.41) is 3.77. The summed E-state index contributed by atoms with van der Waals surface area (Å²) in [7, 11) is 0. The van der Waals surface area contributed by atoms with Gasteiger partial charge in [0.25, 0.3) is 5.91 Å². The lowest BCUT2D eigenvalue weighted by Gasteiger charge is -2.17. The Morgan fingerprint density at radius 2 is 1.83 bits per heavy atom. The van der Waals surface area contributed by atoms with Gasteiger partial charge in [0.05, 0.1) is 6.54 Å². The monoisotopic (exact) mass is 401 g/mol. The number of hydrogen-bond donors (Lipinski definition) is 2. The number of carbonyl (C=O) groups is 3. The van der Waals surface area contributed by atoms with Crippen LogP contribution in [0.25, 0.3) is 10.9 Å². The summed E-state index contributed by atoms with van der Waals surface area (Å²) in [6.45, 7) is -0.228. The Morgan fingerprint density at radius 3 is 2.70 bits per heavy atom.